The lowest BCUT2D eigenvalue weighted by atomic mass is 9.92. The Morgan fingerprint density at radius 1 is 0.844 bits per heavy atom. The lowest BCUT2D eigenvalue weighted by Crippen LogP contribution is -2.49. The first kappa shape index (κ1) is 23.2. The molecule has 2 aromatic carbocycles. The SMILES string of the molecule is COc1cccc(S(=O)(=O)CCN2CCN(S(=O)(=O)c3ccc4c(c3)CCCC4)CC2)c1. The first-order chi connectivity index (χ1) is 15.3. The topological polar surface area (TPSA) is 84.0 Å². The van der Waals surface area contributed by atoms with Gasteiger partial charge in [-0.25, -0.2) is 16.8 Å². The quantitative estimate of drug-likeness (QED) is 0.608. The number of aryl methyl sites for hydroxylation is 2. The van der Waals surface area contributed by atoms with Crippen LogP contribution in [-0.2, 0) is 32.7 Å². The minimum absolute atomic E-state index is 0.0161. The number of hydrogen-bond acceptors (Lipinski definition) is 6. The average molecular weight is 479 g/mol. The number of ether oxygens (including phenoxy) is 1. The van der Waals surface area contributed by atoms with Crippen molar-refractivity contribution >= 4 is 19.9 Å². The highest BCUT2D eigenvalue weighted by Crippen LogP contribution is 2.26. The smallest absolute Gasteiger partial charge is 0.243 e. The molecule has 0 N–H and O–H groups in total. The molecule has 1 heterocycles. The van der Waals surface area contributed by atoms with Crippen molar-refractivity contribution in [2.45, 2.75) is 35.5 Å². The van der Waals surface area contributed by atoms with Crippen molar-refractivity contribution in [3.05, 3.63) is 53.6 Å². The van der Waals surface area contributed by atoms with E-state index in [-0.39, 0.29) is 10.6 Å². The van der Waals surface area contributed by atoms with Gasteiger partial charge in [-0.3, -0.25) is 4.90 Å². The minimum atomic E-state index is -3.54. The molecule has 1 aliphatic heterocycles. The molecule has 0 radical (unpaired) electrons. The van der Waals surface area contributed by atoms with E-state index in [1.165, 1.54) is 23.0 Å². The fraction of sp³-hybridized carbons (Fsp3) is 0.478. The van der Waals surface area contributed by atoms with Crippen LogP contribution < -0.4 is 4.74 Å². The highest BCUT2D eigenvalue weighted by Gasteiger charge is 2.29. The average Bonchev–Trinajstić information content (AvgIpc) is 2.82. The van der Waals surface area contributed by atoms with Crippen molar-refractivity contribution in [3.8, 4) is 5.75 Å². The maximum absolute atomic E-state index is 13.1. The second-order valence-corrected chi connectivity index (χ2v) is 12.4. The third-order valence-corrected chi connectivity index (χ3v) is 9.95. The molecule has 174 valence electrons. The molecule has 1 saturated heterocycles. The first-order valence-corrected chi connectivity index (χ1v) is 14.1. The van der Waals surface area contributed by atoms with Crippen LogP contribution in [0.5, 0.6) is 5.75 Å². The summed E-state index contributed by atoms with van der Waals surface area (Å²) in [6.45, 7) is 2.11. The zero-order valence-electron chi connectivity index (χ0n) is 18.4. The number of benzene rings is 2. The molecule has 1 fully saturated rings. The second-order valence-electron chi connectivity index (χ2n) is 8.38. The molecule has 0 atom stereocenters. The standard InChI is InChI=1S/C23H30N2O5S2/c1-30-21-7-4-8-22(18-21)31(26,27)16-15-24-11-13-25(14-12-24)32(28,29)23-10-9-19-5-2-3-6-20(19)17-23/h4,7-10,17-18H,2-3,5-6,11-16H2,1H3. The predicted molar refractivity (Wildman–Crippen MR) is 123 cm³/mol. The molecular weight excluding hydrogens is 448 g/mol. The minimum Gasteiger partial charge on any atom is -0.497 e. The van der Waals surface area contributed by atoms with Crippen molar-refractivity contribution in [1.29, 1.82) is 0 Å². The lowest BCUT2D eigenvalue weighted by molar-refractivity contribution is 0.197. The molecule has 2 aromatic rings. The second kappa shape index (κ2) is 9.51. The molecule has 0 bridgehead atoms. The molecule has 1 aliphatic carbocycles. The van der Waals surface area contributed by atoms with E-state index in [1.807, 2.05) is 17.0 Å². The van der Waals surface area contributed by atoms with E-state index in [4.69, 9.17) is 4.74 Å². The number of piperazine rings is 1. The van der Waals surface area contributed by atoms with Crippen molar-refractivity contribution in [1.82, 2.24) is 9.21 Å². The number of hydrogen-bond donors (Lipinski definition) is 0. The van der Waals surface area contributed by atoms with Crippen LogP contribution in [-0.4, -0.2) is 71.6 Å². The van der Waals surface area contributed by atoms with Crippen LogP contribution in [0.2, 0.25) is 0 Å². The van der Waals surface area contributed by atoms with E-state index in [0.29, 0.717) is 43.4 Å². The molecular formula is C23H30N2O5S2. The summed E-state index contributed by atoms with van der Waals surface area (Å²) < 4.78 is 58.3. The summed E-state index contributed by atoms with van der Waals surface area (Å²) in [4.78, 5) is 2.62. The van der Waals surface area contributed by atoms with Gasteiger partial charge in [0.25, 0.3) is 0 Å². The number of methoxy groups -OCH3 is 1. The van der Waals surface area contributed by atoms with E-state index in [0.717, 1.165) is 31.2 Å². The van der Waals surface area contributed by atoms with Crippen LogP contribution in [0.3, 0.4) is 0 Å². The van der Waals surface area contributed by atoms with Gasteiger partial charge in [-0.05, 0) is 67.1 Å². The number of fused-ring (bicyclic) bond motifs is 1. The van der Waals surface area contributed by atoms with Gasteiger partial charge in [0.2, 0.25) is 10.0 Å². The third-order valence-electron chi connectivity index (χ3n) is 6.37. The van der Waals surface area contributed by atoms with Gasteiger partial charge < -0.3 is 4.74 Å². The van der Waals surface area contributed by atoms with Crippen LogP contribution >= 0.6 is 0 Å². The summed E-state index contributed by atoms with van der Waals surface area (Å²) in [6.07, 6.45) is 4.23. The summed E-state index contributed by atoms with van der Waals surface area (Å²) >= 11 is 0. The highest BCUT2D eigenvalue weighted by atomic mass is 32.2. The Morgan fingerprint density at radius 3 is 2.28 bits per heavy atom. The zero-order chi connectivity index (χ0) is 22.8. The number of rotatable bonds is 7. The van der Waals surface area contributed by atoms with Gasteiger partial charge in [-0.1, -0.05) is 12.1 Å². The molecule has 0 saturated carbocycles. The van der Waals surface area contributed by atoms with Crippen LogP contribution in [0.1, 0.15) is 24.0 Å². The molecule has 9 heteroatoms. The summed E-state index contributed by atoms with van der Waals surface area (Å²) in [5.41, 5.74) is 2.41. The maximum Gasteiger partial charge on any atom is 0.243 e. The molecule has 7 nitrogen and oxygen atoms in total. The number of nitrogens with zero attached hydrogens (tertiary/aromatic N) is 2. The molecule has 0 aromatic heterocycles. The lowest BCUT2D eigenvalue weighted by Gasteiger charge is -2.34. The zero-order valence-corrected chi connectivity index (χ0v) is 20.0. The van der Waals surface area contributed by atoms with Gasteiger partial charge in [0.15, 0.2) is 9.84 Å². The number of sulfone groups is 1. The van der Waals surface area contributed by atoms with Gasteiger partial charge in [0.05, 0.1) is 22.7 Å². The van der Waals surface area contributed by atoms with E-state index < -0.39 is 19.9 Å². The highest BCUT2D eigenvalue weighted by molar-refractivity contribution is 7.91. The van der Waals surface area contributed by atoms with Crippen LogP contribution in [0, 0.1) is 0 Å². The molecule has 0 unspecified atom stereocenters. The van der Waals surface area contributed by atoms with E-state index in [1.54, 1.807) is 24.3 Å². The van der Waals surface area contributed by atoms with E-state index >= 15 is 0 Å². The number of sulfonamides is 1. The van der Waals surface area contributed by atoms with Gasteiger partial charge in [0.1, 0.15) is 5.75 Å². The van der Waals surface area contributed by atoms with Gasteiger partial charge in [-0.2, -0.15) is 4.31 Å². The van der Waals surface area contributed by atoms with Gasteiger partial charge in [-0.15, -0.1) is 0 Å². The Balaban J connectivity index is 1.35. The van der Waals surface area contributed by atoms with Crippen LogP contribution in [0.25, 0.3) is 0 Å². The van der Waals surface area contributed by atoms with Gasteiger partial charge >= 0.3 is 0 Å². The fourth-order valence-electron chi connectivity index (χ4n) is 4.37. The van der Waals surface area contributed by atoms with Gasteiger partial charge in [0, 0.05) is 32.7 Å². The fourth-order valence-corrected chi connectivity index (χ4v) is 7.16. The molecule has 0 spiro atoms. The summed E-state index contributed by atoms with van der Waals surface area (Å²) in [5, 5.41) is 0. The van der Waals surface area contributed by atoms with Crippen LogP contribution in [0.4, 0.5) is 0 Å². The Morgan fingerprint density at radius 2 is 1.56 bits per heavy atom. The maximum atomic E-state index is 13.1. The van der Waals surface area contributed by atoms with Crippen LogP contribution in [0.15, 0.2) is 52.3 Å². The predicted octanol–water partition coefficient (Wildman–Crippen LogP) is 2.35. The van der Waals surface area contributed by atoms with Crippen molar-refractivity contribution < 1.29 is 21.6 Å². The Hall–Kier alpha value is -1.94. The molecule has 4 rings (SSSR count). The molecule has 0 amide bonds. The molecule has 2 aliphatic rings. The van der Waals surface area contributed by atoms with Crippen molar-refractivity contribution in [3.63, 3.8) is 0 Å². The summed E-state index contributed by atoms with van der Waals surface area (Å²) in [5.74, 6) is 0.490. The third kappa shape index (κ3) is 5.01. The molecule has 32 heavy (non-hydrogen) atoms. The Bertz CT molecular complexity index is 1170. The largest absolute Gasteiger partial charge is 0.497 e. The van der Waals surface area contributed by atoms with E-state index in [9.17, 15) is 16.8 Å². The normalized spacial score (nSPS) is 18.3. The van der Waals surface area contributed by atoms with Crippen molar-refractivity contribution in [2.75, 3.05) is 45.6 Å². The van der Waals surface area contributed by atoms with E-state index in [2.05, 4.69) is 0 Å². The van der Waals surface area contributed by atoms with Crippen molar-refractivity contribution in [2.24, 2.45) is 0 Å². The monoisotopic (exact) mass is 478 g/mol. The summed E-state index contributed by atoms with van der Waals surface area (Å²) in [6, 6.07) is 12.0. The first-order valence-electron chi connectivity index (χ1n) is 11.0. The Kier molecular flexibility index (Phi) is 6.90. The summed E-state index contributed by atoms with van der Waals surface area (Å²) in [7, 11) is -5.47. The Labute approximate surface area is 191 Å².